The van der Waals surface area contributed by atoms with Crippen molar-refractivity contribution in [1.82, 2.24) is 10.9 Å². The third-order valence-corrected chi connectivity index (χ3v) is 10.2. The molecule has 59 heavy (non-hydrogen) atoms. The Balaban J connectivity index is 1.36. The zero-order chi connectivity index (χ0) is 44.1. The maximum absolute atomic E-state index is 12.8. The molecule has 10 nitrogen and oxygen atoms in total. The number of hydrogen-bond acceptors (Lipinski definition) is 8. The van der Waals surface area contributed by atoms with E-state index in [-0.39, 0.29) is 57.8 Å². The van der Waals surface area contributed by atoms with Gasteiger partial charge in [-0.1, -0.05) is 119 Å². The van der Waals surface area contributed by atoms with E-state index < -0.39 is 0 Å². The predicted molar refractivity (Wildman–Crippen MR) is 238 cm³/mol. The van der Waals surface area contributed by atoms with E-state index in [1.807, 2.05) is 24.3 Å². The van der Waals surface area contributed by atoms with Crippen LogP contribution in [0.1, 0.15) is 152 Å². The molecule has 0 fully saturated rings. The Kier molecular flexibility index (Phi) is 14.1. The lowest BCUT2D eigenvalue weighted by Gasteiger charge is -2.28. The Morgan fingerprint density at radius 3 is 1.08 bits per heavy atom. The van der Waals surface area contributed by atoms with Gasteiger partial charge in [0.05, 0.1) is 12.4 Å². The van der Waals surface area contributed by atoms with E-state index in [1.165, 1.54) is 12.4 Å². The van der Waals surface area contributed by atoms with E-state index in [4.69, 9.17) is 0 Å². The summed E-state index contributed by atoms with van der Waals surface area (Å²) in [7, 11) is 0. The van der Waals surface area contributed by atoms with Gasteiger partial charge in [-0.15, -0.1) is 0 Å². The first-order valence-electron chi connectivity index (χ1n) is 20.3. The quantitative estimate of drug-likeness (QED) is 0.0617. The Hall–Kier alpha value is -5.64. The summed E-state index contributed by atoms with van der Waals surface area (Å²) >= 11 is 0. The second-order valence-electron chi connectivity index (χ2n) is 19.6. The summed E-state index contributed by atoms with van der Waals surface area (Å²) < 4.78 is 0. The van der Waals surface area contributed by atoms with Crippen molar-refractivity contribution >= 4 is 24.2 Å². The molecule has 0 atom stereocenters. The summed E-state index contributed by atoms with van der Waals surface area (Å²) in [6.45, 7) is 24.6. The molecule has 0 saturated carbocycles. The number of aryl methyl sites for hydroxylation is 2. The molecule has 4 rings (SSSR count). The number of phenols is 4. The van der Waals surface area contributed by atoms with E-state index >= 15 is 0 Å². The summed E-state index contributed by atoms with van der Waals surface area (Å²) in [6, 6.07) is 18.1. The first-order valence-corrected chi connectivity index (χ1v) is 20.3. The molecule has 0 unspecified atom stereocenters. The highest BCUT2D eigenvalue weighted by atomic mass is 16.3. The van der Waals surface area contributed by atoms with Crippen LogP contribution in [0.25, 0.3) is 0 Å². The van der Waals surface area contributed by atoms with Gasteiger partial charge in [0.25, 0.3) is 0 Å². The predicted octanol–water partition coefficient (Wildman–Crippen LogP) is 9.46. The van der Waals surface area contributed by atoms with Crippen molar-refractivity contribution in [2.75, 3.05) is 0 Å². The average molecular weight is 805 g/mol. The molecule has 4 aromatic rings. The number of hydrazone groups is 2. The number of nitrogens with zero attached hydrogens (tertiary/aromatic N) is 2. The summed E-state index contributed by atoms with van der Waals surface area (Å²) in [5.41, 5.74) is 11.9. The number of nitrogens with one attached hydrogen (secondary N) is 2. The number of amides is 2. The summed E-state index contributed by atoms with van der Waals surface area (Å²) in [5.74, 6) is 0.0451. The number of rotatable bonds is 12. The zero-order valence-corrected chi connectivity index (χ0v) is 37.0. The minimum atomic E-state index is -0.282. The lowest BCUT2D eigenvalue weighted by atomic mass is 9.78. The molecule has 0 radical (unpaired) electrons. The highest BCUT2D eigenvalue weighted by Gasteiger charge is 2.28. The third-order valence-electron chi connectivity index (χ3n) is 10.2. The fourth-order valence-electron chi connectivity index (χ4n) is 6.81. The largest absolute Gasteiger partial charge is 0.507 e. The minimum absolute atomic E-state index is 0.00392. The second-order valence-corrected chi connectivity index (χ2v) is 19.6. The molecule has 0 aliphatic rings. The molecule has 0 spiro atoms. The van der Waals surface area contributed by atoms with Crippen molar-refractivity contribution < 1.29 is 30.0 Å². The molecular formula is C49H64N4O6. The van der Waals surface area contributed by atoms with Crippen LogP contribution in [0.15, 0.2) is 70.9 Å². The van der Waals surface area contributed by atoms with E-state index in [1.54, 1.807) is 36.4 Å². The third kappa shape index (κ3) is 12.7. The van der Waals surface area contributed by atoms with Crippen LogP contribution in [-0.2, 0) is 50.5 Å². The average Bonchev–Trinajstić information content (AvgIpc) is 3.11. The Bertz CT molecular complexity index is 2000. The molecule has 6 N–H and O–H groups in total. The maximum Gasteiger partial charge on any atom is 0.240 e. The fourth-order valence-corrected chi connectivity index (χ4v) is 6.81. The van der Waals surface area contributed by atoms with Crippen LogP contribution in [-0.4, -0.2) is 44.7 Å². The Morgan fingerprint density at radius 2 is 0.797 bits per heavy atom. The first kappa shape index (κ1) is 46.1. The van der Waals surface area contributed by atoms with Crippen molar-refractivity contribution in [3.63, 3.8) is 0 Å². The van der Waals surface area contributed by atoms with Gasteiger partial charge in [0.1, 0.15) is 23.0 Å². The highest BCUT2D eigenvalue weighted by molar-refractivity contribution is 5.86. The maximum atomic E-state index is 12.8. The molecule has 316 valence electrons. The molecular weight excluding hydrogens is 741 g/mol. The van der Waals surface area contributed by atoms with Crippen LogP contribution in [0, 0.1) is 0 Å². The van der Waals surface area contributed by atoms with Gasteiger partial charge in [-0.2, -0.15) is 10.2 Å². The molecule has 0 saturated heterocycles. The van der Waals surface area contributed by atoms with Crippen LogP contribution in [0.3, 0.4) is 0 Å². The number of aromatic hydroxyl groups is 4. The van der Waals surface area contributed by atoms with Gasteiger partial charge in [-0.25, -0.2) is 10.9 Å². The van der Waals surface area contributed by atoms with Crippen molar-refractivity contribution in [2.24, 2.45) is 10.2 Å². The van der Waals surface area contributed by atoms with E-state index in [9.17, 15) is 30.0 Å². The minimum Gasteiger partial charge on any atom is -0.507 e. The van der Waals surface area contributed by atoms with Gasteiger partial charge in [0.2, 0.25) is 11.8 Å². The second kappa shape index (κ2) is 18.1. The SMILES string of the molecule is CC(C)(C)c1cc(CCC(=O)N/N=C\c2cc(Cc3ccc(O)c(/C=N\NC(=O)CCc4cc(C(C)(C)C)c(O)c(C(C)(C)C)c4)c3)ccc2O)cc(C(C)(C)C)c1O. The Morgan fingerprint density at radius 1 is 0.492 bits per heavy atom. The topological polar surface area (TPSA) is 164 Å². The van der Waals surface area contributed by atoms with Crippen LogP contribution in [0.2, 0.25) is 0 Å². The van der Waals surface area contributed by atoms with Gasteiger partial charge in [0, 0.05) is 24.0 Å². The lowest BCUT2D eigenvalue weighted by molar-refractivity contribution is -0.121. The van der Waals surface area contributed by atoms with Gasteiger partial charge in [0.15, 0.2) is 0 Å². The summed E-state index contributed by atoms with van der Waals surface area (Å²) in [5, 5.41) is 51.3. The number of phenolic OH excluding ortho intramolecular Hbond substituents is 4. The fraction of sp³-hybridized carbons (Fsp3) is 0.429. The molecule has 4 aromatic carbocycles. The van der Waals surface area contributed by atoms with Crippen molar-refractivity contribution in [2.45, 2.75) is 137 Å². The van der Waals surface area contributed by atoms with Crippen molar-refractivity contribution in [3.8, 4) is 23.0 Å². The van der Waals surface area contributed by atoms with Gasteiger partial charge in [-0.3, -0.25) is 9.59 Å². The standard InChI is InChI=1S/C49H64N4O6/c1-46(2,3)36-24-32(25-37(44(36)58)47(4,5)6)15-19-42(56)52-50-28-34-22-30(13-17-40(34)54)21-31-14-18-41(55)35(23-31)29-51-53-43(57)20-16-33-26-38(48(7,8)9)45(59)39(27-33)49(10,11)12/h13-14,17-18,22-29,54-55,58-59H,15-16,19-21H2,1-12H3,(H,52,56)(H,53,57)/b50-28-,51-29-. The normalized spacial score (nSPS) is 12.7. The highest BCUT2D eigenvalue weighted by Crippen LogP contribution is 2.41. The van der Waals surface area contributed by atoms with Crippen molar-refractivity contribution in [3.05, 3.63) is 116 Å². The van der Waals surface area contributed by atoms with Crippen molar-refractivity contribution in [1.29, 1.82) is 0 Å². The molecule has 10 heteroatoms. The Labute approximate surface area is 350 Å². The molecule has 0 bridgehead atoms. The molecule has 0 heterocycles. The van der Waals surface area contributed by atoms with Gasteiger partial charge in [-0.05, 0) is 110 Å². The van der Waals surface area contributed by atoms with Crippen LogP contribution in [0.4, 0.5) is 0 Å². The molecule has 0 aliphatic heterocycles. The number of hydrogen-bond donors (Lipinski definition) is 6. The van der Waals surface area contributed by atoms with Crippen LogP contribution >= 0.6 is 0 Å². The zero-order valence-electron chi connectivity index (χ0n) is 37.0. The number of benzene rings is 4. The van der Waals surface area contributed by atoms with Gasteiger partial charge < -0.3 is 20.4 Å². The molecule has 0 aromatic heterocycles. The van der Waals surface area contributed by atoms with Gasteiger partial charge >= 0.3 is 0 Å². The van der Waals surface area contributed by atoms with E-state index in [2.05, 4.69) is 104 Å². The number of carbonyl (C=O) groups is 2. The summed E-state index contributed by atoms with van der Waals surface area (Å²) in [6.07, 6.45) is 4.58. The number of carbonyl (C=O) groups excluding carboxylic acids is 2. The van der Waals surface area contributed by atoms with Crippen LogP contribution < -0.4 is 10.9 Å². The first-order chi connectivity index (χ1) is 27.2. The monoisotopic (exact) mass is 804 g/mol. The molecule has 0 aliphatic carbocycles. The summed E-state index contributed by atoms with van der Waals surface area (Å²) in [4.78, 5) is 25.6. The van der Waals surface area contributed by atoms with E-state index in [0.29, 0.717) is 41.9 Å². The van der Waals surface area contributed by atoms with E-state index in [0.717, 1.165) is 44.5 Å². The smallest absolute Gasteiger partial charge is 0.240 e. The van der Waals surface area contributed by atoms with Crippen LogP contribution in [0.5, 0.6) is 23.0 Å². The molecule has 2 amide bonds. The lowest BCUT2D eigenvalue weighted by Crippen LogP contribution is -2.20.